The zero-order chi connectivity index (χ0) is 24.6. The molecule has 0 aliphatic carbocycles. The molecular formula is C22H24F4N4O3. The molecule has 0 saturated carbocycles. The lowest BCUT2D eigenvalue weighted by atomic mass is 9.94. The molecule has 2 aromatic rings. The van der Waals surface area contributed by atoms with Gasteiger partial charge in [-0.15, -0.1) is 0 Å². The van der Waals surface area contributed by atoms with Crippen LogP contribution in [0.4, 0.5) is 28.0 Å². The monoisotopic (exact) mass is 468 g/mol. The lowest BCUT2D eigenvalue weighted by molar-refractivity contribution is -0.145. The lowest BCUT2D eigenvalue weighted by Crippen LogP contribution is -2.62. The first kappa shape index (κ1) is 24.4. The minimum absolute atomic E-state index is 0.00800. The molecule has 0 bridgehead atoms. The van der Waals surface area contributed by atoms with Crippen molar-refractivity contribution in [2.75, 3.05) is 11.9 Å². The molecule has 1 aromatic carbocycles. The number of aromatic nitrogens is 2. The highest BCUT2D eigenvalue weighted by Gasteiger charge is 2.44. The lowest BCUT2D eigenvalue weighted by Gasteiger charge is -2.44. The van der Waals surface area contributed by atoms with Crippen LogP contribution in [0.2, 0.25) is 0 Å². The average molecular weight is 468 g/mol. The van der Waals surface area contributed by atoms with Gasteiger partial charge in [0.25, 0.3) is 5.91 Å². The standard InChI is InChI=1S/C22H24F4N4O3/c1-12-9-16(29-19(27-12)22(24,25)26)18(31)28-14-7-5-13(6-8-14)10-17-15(23)11-30(17)20(32)33-21(2,3)4/h5-9,15,17H,10-11H2,1-4H3,(H,28,31)/t15-,17-/m1/s1. The van der Waals surface area contributed by atoms with Crippen molar-refractivity contribution in [3.63, 3.8) is 0 Å². The molecule has 2 atom stereocenters. The molecule has 2 heterocycles. The normalized spacial score (nSPS) is 18.5. The van der Waals surface area contributed by atoms with Gasteiger partial charge in [-0.3, -0.25) is 9.69 Å². The highest BCUT2D eigenvalue weighted by molar-refractivity contribution is 6.02. The number of carbonyl (C=O) groups excluding carboxylic acids is 2. The summed E-state index contributed by atoms with van der Waals surface area (Å²) in [5.41, 5.74) is -0.0594. The van der Waals surface area contributed by atoms with Gasteiger partial charge in [0.15, 0.2) is 0 Å². The molecular weight excluding hydrogens is 444 g/mol. The van der Waals surface area contributed by atoms with Gasteiger partial charge < -0.3 is 10.1 Å². The number of hydrogen-bond donors (Lipinski definition) is 1. The number of amides is 2. The Hall–Kier alpha value is -3.24. The molecule has 178 valence electrons. The first-order valence-corrected chi connectivity index (χ1v) is 10.2. The minimum atomic E-state index is -4.77. The number of nitrogens with zero attached hydrogens (tertiary/aromatic N) is 3. The molecule has 1 aliphatic rings. The maximum Gasteiger partial charge on any atom is 0.451 e. The molecule has 0 radical (unpaired) electrons. The van der Waals surface area contributed by atoms with E-state index in [0.717, 1.165) is 6.07 Å². The Bertz CT molecular complexity index is 1040. The number of anilines is 1. The molecule has 1 N–H and O–H groups in total. The zero-order valence-corrected chi connectivity index (χ0v) is 18.5. The van der Waals surface area contributed by atoms with Crippen molar-refractivity contribution in [2.45, 2.75) is 58.1 Å². The third-order valence-electron chi connectivity index (χ3n) is 4.81. The fourth-order valence-corrected chi connectivity index (χ4v) is 3.24. The maximum absolute atomic E-state index is 14.1. The predicted molar refractivity (Wildman–Crippen MR) is 111 cm³/mol. The number of hydrogen-bond acceptors (Lipinski definition) is 5. The van der Waals surface area contributed by atoms with Crippen LogP contribution >= 0.6 is 0 Å². The third kappa shape index (κ3) is 6.17. The Morgan fingerprint density at radius 3 is 2.33 bits per heavy atom. The zero-order valence-electron chi connectivity index (χ0n) is 18.5. The number of likely N-dealkylation sites (tertiary alicyclic amines) is 1. The van der Waals surface area contributed by atoms with Gasteiger partial charge in [-0.2, -0.15) is 13.2 Å². The topological polar surface area (TPSA) is 84.4 Å². The number of rotatable bonds is 4. The van der Waals surface area contributed by atoms with Crippen LogP contribution in [0.3, 0.4) is 0 Å². The van der Waals surface area contributed by atoms with E-state index < -0.39 is 47.5 Å². The Kier molecular flexibility index (Phi) is 6.62. The van der Waals surface area contributed by atoms with Crippen LogP contribution in [0.5, 0.6) is 0 Å². The number of aryl methyl sites for hydroxylation is 1. The fraction of sp³-hybridized carbons (Fsp3) is 0.455. The summed E-state index contributed by atoms with van der Waals surface area (Å²) in [5, 5.41) is 2.48. The van der Waals surface area contributed by atoms with Crippen molar-refractivity contribution < 1.29 is 31.9 Å². The summed E-state index contributed by atoms with van der Waals surface area (Å²) >= 11 is 0. The molecule has 1 aliphatic heterocycles. The Labute approximate surface area is 188 Å². The van der Waals surface area contributed by atoms with E-state index in [-0.39, 0.29) is 18.7 Å². The largest absolute Gasteiger partial charge is 0.451 e. The number of alkyl halides is 4. The second-order valence-electron chi connectivity index (χ2n) is 8.79. The second kappa shape index (κ2) is 8.95. The first-order valence-electron chi connectivity index (χ1n) is 10.2. The molecule has 11 heteroatoms. The van der Waals surface area contributed by atoms with Crippen LogP contribution in [-0.2, 0) is 17.3 Å². The second-order valence-corrected chi connectivity index (χ2v) is 8.79. The van der Waals surface area contributed by atoms with Crippen LogP contribution in [0, 0.1) is 6.92 Å². The van der Waals surface area contributed by atoms with Crippen molar-refractivity contribution in [1.82, 2.24) is 14.9 Å². The smallest absolute Gasteiger partial charge is 0.444 e. The van der Waals surface area contributed by atoms with Crippen molar-refractivity contribution >= 4 is 17.7 Å². The molecule has 2 amide bonds. The van der Waals surface area contributed by atoms with Crippen LogP contribution in [0.1, 0.15) is 48.3 Å². The number of benzene rings is 1. The van der Waals surface area contributed by atoms with Gasteiger partial charge in [0.1, 0.15) is 17.5 Å². The van der Waals surface area contributed by atoms with Crippen molar-refractivity contribution in [2.24, 2.45) is 0 Å². The van der Waals surface area contributed by atoms with Crippen LogP contribution < -0.4 is 5.32 Å². The van der Waals surface area contributed by atoms with Gasteiger partial charge in [-0.25, -0.2) is 19.2 Å². The molecule has 3 rings (SSSR count). The van der Waals surface area contributed by atoms with Gasteiger partial charge in [0, 0.05) is 11.4 Å². The number of ether oxygens (including phenoxy) is 1. The highest BCUT2D eigenvalue weighted by Crippen LogP contribution is 2.28. The Morgan fingerprint density at radius 1 is 1.15 bits per heavy atom. The number of halogens is 4. The quantitative estimate of drug-likeness (QED) is 0.666. The van der Waals surface area contributed by atoms with E-state index in [9.17, 15) is 27.2 Å². The summed E-state index contributed by atoms with van der Waals surface area (Å²) in [4.78, 5) is 32.5. The summed E-state index contributed by atoms with van der Waals surface area (Å²) in [6.07, 6.45) is -6.29. The predicted octanol–water partition coefficient (Wildman–Crippen LogP) is 4.56. The Morgan fingerprint density at radius 2 is 1.79 bits per heavy atom. The summed E-state index contributed by atoms with van der Waals surface area (Å²) in [6.45, 7) is 6.48. The number of carbonyl (C=O) groups is 2. The maximum atomic E-state index is 14.1. The van der Waals surface area contributed by atoms with Crippen molar-refractivity contribution in [3.05, 3.63) is 53.1 Å². The van der Waals surface area contributed by atoms with Crippen LogP contribution in [0.25, 0.3) is 0 Å². The van der Waals surface area contributed by atoms with Gasteiger partial charge in [-0.05, 0) is 57.9 Å². The first-order chi connectivity index (χ1) is 15.2. The fourth-order valence-electron chi connectivity index (χ4n) is 3.24. The van der Waals surface area contributed by atoms with E-state index in [1.54, 1.807) is 32.9 Å². The van der Waals surface area contributed by atoms with Gasteiger partial charge in [-0.1, -0.05) is 12.1 Å². The molecule has 1 fully saturated rings. The molecule has 0 unspecified atom stereocenters. The van der Waals surface area contributed by atoms with Crippen LogP contribution in [0.15, 0.2) is 30.3 Å². The average Bonchev–Trinajstić information content (AvgIpc) is 2.68. The highest BCUT2D eigenvalue weighted by atomic mass is 19.4. The molecule has 1 saturated heterocycles. The molecule has 33 heavy (non-hydrogen) atoms. The summed E-state index contributed by atoms with van der Waals surface area (Å²) in [6, 6.07) is 6.85. The van der Waals surface area contributed by atoms with E-state index in [1.165, 1.54) is 24.0 Å². The SMILES string of the molecule is Cc1cc(C(=O)Nc2ccc(C[C@@H]3[C@H](F)CN3C(=O)OC(C)(C)C)cc2)nc(C(F)(F)F)n1. The molecule has 7 nitrogen and oxygen atoms in total. The van der Waals surface area contributed by atoms with Crippen molar-refractivity contribution in [1.29, 1.82) is 0 Å². The summed E-state index contributed by atoms with van der Waals surface area (Å²) in [5.74, 6) is -2.21. The summed E-state index contributed by atoms with van der Waals surface area (Å²) < 4.78 is 58.1. The van der Waals surface area contributed by atoms with E-state index in [1.807, 2.05) is 0 Å². The van der Waals surface area contributed by atoms with Crippen LogP contribution in [-0.4, -0.2) is 51.2 Å². The third-order valence-corrected chi connectivity index (χ3v) is 4.81. The van der Waals surface area contributed by atoms with Gasteiger partial charge >= 0.3 is 12.3 Å². The molecule has 0 spiro atoms. The Balaban J connectivity index is 1.64. The summed E-state index contributed by atoms with van der Waals surface area (Å²) in [7, 11) is 0. The van der Waals surface area contributed by atoms with Gasteiger partial charge in [0.2, 0.25) is 5.82 Å². The van der Waals surface area contributed by atoms with Crippen molar-refractivity contribution in [3.8, 4) is 0 Å². The van der Waals surface area contributed by atoms with E-state index in [4.69, 9.17) is 4.74 Å². The minimum Gasteiger partial charge on any atom is -0.444 e. The van der Waals surface area contributed by atoms with Gasteiger partial charge in [0.05, 0.1) is 12.6 Å². The van der Waals surface area contributed by atoms with E-state index in [0.29, 0.717) is 11.3 Å². The van der Waals surface area contributed by atoms with E-state index in [2.05, 4.69) is 15.3 Å². The molecule has 1 aromatic heterocycles. The van der Waals surface area contributed by atoms with E-state index >= 15 is 0 Å². The number of nitrogens with one attached hydrogen (secondary N) is 1.